The lowest BCUT2D eigenvalue weighted by Gasteiger charge is -2.15. The van der Waals surface area contributed by atoms with Gasteiger partial charge in [0.05, 0.1) is 13.2 Å². The highest BCUT2D eigenvalue weighted by atomic mass is 16.5. The maximum atomic E-state index is 12.1. The topological polar surface area (TPSA) is 50.1 Å². The molecule has 0 aliphatic heterocycles. The normalized spacial score (nSPS) is 10.8. The number of hydrogen-bond donors (Lipinski definition) is 0. The van der Waals surface area contributed by atoms with Gasteiger partial charge in [0.2, 0.25) is 0 Å². The number of rotatable bonds is 4. The number of carbonyl (C=O) groups is 1. The molecule has 0 aromatic heterocycles. The third-order valence-corrected chi connectivity index (χ3v) is 2.77. The summed E-state index contributed by atoms with van der Waals surface area (Å²) in [4.78, 5) is 12.1. The van der Waals surface area contributed by atoms with E-state index in [1.54, 1.807) is 39.2 Å². The number of hydrogen-bond acceptors (Lipinski definition) is 3. The van der Waals surface area contributed by atoms with E-state index in [0.717, 1.165) is 17.7 Å². The van der Waals surface area contributed by atoms with Crippen molar-refractivity contribution in [2.45, 2.75) is 27.2 Å². The average Bonchev–Trinajstić information content (AvgIpc) is 2.36. The summed E-state index contributed by atoms with van der Waals surface area (Å²) < 4.78 is 5.21. The van der Waals surface area contributed by atoms with Crippen LogP contribution in [0.15, 0.2) is 18.2 Å². The van der Waals surface area contributed by atoms with E-state index in [2.05, 4.69) is 0 Å². The number of methoxy groups -OCH3 is 1. The summed E-state index contributed by atoms with van der Waals surface area (Å²) in [7, 11) is 1.61. The maximum Gasteiger partial charge on any atom is 0.182 e. The zero-order valence-corrected chi connectivity index (χ0v) is 10.7. The van der Waals surface area contributed by atoms with Crippen LogP contribution in [0.25, 0.3) is 0 Å². The molecule has 90 valence electrons. The number of ether oxygens (including phenoxy) is 1. The molecule has 0 atom stereocenters. The van der Waals surface area contributed by atoms with Crippen molar-refractivity contribution in [2.75, 3.05) is 7.11 Å². The molecule has 17 heavy (non-hydrogen) atoms. The van der Waals surface area contributed by atoms with Gasteiger partial charge in [-0.1, -0.05) is 6.92 Å². The van der Waals surface area contributed by atoms with Gasteiger partial charge in [-0.15, -0.1) is 0 Å². The number of aryl methyl sites for hydroxylation is 1. The van der Waals surface area contributed by atoms with Crippen molar-refractivity contribution >= 4 is 5.78 Å². The molecule has 0 amide bonds. The lowest BCUT2D eigenvalue weighted by molar-refractivity contribution is 0.0891. The first-order chi connectivity index (χ1) is 7.96. The van der Waals surface area contributed by atoms with E-state index < -0.39 is 5.41 Å². The average molecular weight is 231 g/mol. The van der Waals surface area contributed by atoms with Crippen LogP contribution in [-0.4, -0.2) is 12.9 Å². The SMILES string of the molecule is CCc1cc(C(=O)C(C)(C)C#N)ccc1OC. The largest absolute Gasteiger partial charge is 0.496 e. The standard InChI is InChI=1S/C14H17NO2/c1-5-10-8-11(6-7-12(10)17-4)13(16)14(2,3)9-15/h6-8H,5H2,1-4H3. The molecular formula is C14H17NO2. The van der Waals surface area contributed by atoms with Gasteiger partial charge < -0.3 is 4.74 Å². The highest BCUT2D eigenvalue weighted by Gasteiger charge is 2.28. The highest BCUT2D eigenvalue weighted by molar-refractivity contribution is 6.02. The Kier molecular flexibility index (Phi) is 3.90. The molecule has 0 saturated heterocycles. The van der Waals surface area contributed by atoms with E-state index in [9.17, 15) is 4.79 Å². The highest BCUT2D eigenvalue weighted by Crippen LogP contribution is 2.25. The molecule has 0 saturated carbocycles. The Balaban J connectivity index is 3.18. The van der Waals surface area contributed by atoms with Crippen molar-refractivity contribution in [1.82, 2.24) is 0 Å². The fourth-order valence-corrected chi connectivity index (χ4v) is 1.61. The molecular weight excluding hydrogens is 214 g/mol. The van der Waals surface area contributed by atoms with Crippen molar-refractivity contribution in [3.8, 4) is 11.8 Å². The number of ketones is 1. The number of nitrogens with zero attached hydrogens (tertiary/aromatic N) is 1. The predicted octanol–water partition coefficient (Wildman–Crippen LogP) is 2.99. The maximum absolute atomic E-state index is 12.1. The van der Waals surface area contributed by atoms with E-state index in [-0.39, 0.29) is 5.78 Å². The zero-order valence-electron chi connectivity index (χ0n) is 10.7. The van der Waals surface area contributed by atoms with Crippen LogP contribution in [0.5, 0.6) is 5.75 Å². The Morgan fingerprint density at radius 1 is 1.47 bits per heavy atom. The fraction of sp³-hybridized carbons (Fsp3) is 0.429. The molecule has 3 heteroatoms. The molecule has 0 aliphatic carbocycles. The quantitative estimate of drug-likeness (QED) is 0.748. The lowest BCUT2D eigenvalue weighted by Crippen LogP contribution is -2.22. The molecule has 0 bridgehead atoms. The monoisotopic (exact) mass is 231 g/mol. The number of benzene rings is 1. The third-order valence-electron chi connectivity index (χ3n) is 2.77. The van der Waals surface area contributed by atoms with Crippen molar-refractivity contribution in [3.05, 3.63) is 29.3 Å². The Morgan fingerprint density at radius 2 is 2.12 bits per heavy atom. The van der Waals surface area contributed by atoms with Crippen LogP contribution in [-0.2, 0) is 6.42 Å². The minimum Gasteiger partial charge on any atom is -0.496 e. The summed E-state index contributed by atoms with van der Waals surface area (Å²) in [6.45, 7) is 5.26. The Bertz CT molecular complexity index is 470. The molecule has 0 unspecified atom stereocenters. The minimum atomic E-state index is -0.987. The zero-order chi connectivity index (χ0) is 13.1. The smallest absolute Gasteiger partial charge is 0.182 e. The van der Waals surface area contributed by atoms with E-state index in [1.165, 1.54) is 0 Å². The first-order valence-electron chi connectivity index (χ1n) is 5.59. The predicted molar refractivity (Wildman–Crippen MR) is 66.1 cm³/mol. The van der Waals surface area contributed by atoms with Crippen molar-refractivity contribution < 1.29 is 9.53 Å². The van der Waals surface area contributed by atoms with Gasteiger partial charge in [0, 0.05) is 5.56 Å². The van der Waals surface area contributed by atoms with Gasteiger partial charge in [-0.2, -0.15) is 5.26 Å². The summed E-state index contributed by atoms with van der Waals surface area (Å²) in [6, 6.07) is 7.32. The second-order valence-electron chi connectivity index (χ2n) is 4.45. The molecule has 0 heterocycles. The van der Waals surface area contributed by atoms with Crippen LogP contribution in [0, 0.1) is 16.7 Å². The second-order valence-corrected chi connectivity index (χ2v) is 4.45. The van der Waals surface area contributed by atoms with Gasteiger partial charge in [-0.05, 0) is 44.0 Å². The third kappa shape index (κ3) is 2.65. The van der Waals surface area contributed by atoms with Crippen LogP contribution in [0.1, 0.15) is 36.7 Å². The molecule has 0 fully saturated rings. The fourth-order valence-electron chi connectivity index (χ4n) is 1.61. The number of nitriles is 1. The van der Waals surface area contributed by atoms with E-state index in [0.29, 0.717) is 5.56 Å². The summed E-state index contributed by atoms with van der Waals surface area (Å²) in [5.41, 5.74) is 0.556. The van der Waals surface area contributed by atoms with Gasteiger partial charge in [0.1, 0.15) is 11.2 Å². The van der Waals surface area contributed by atoms with Gasteiger partial charge in [-0.25, -0.2) is 0 Å². The van der Waals surface area contributed by atoms with Crippen molar-refractivity contribution in [3.63, 3.8) is 0 Å². The first-order valence-corrected chi connectivity index (χ1v) is 5.59. The minimum absolute atomic E-state index is 0.155. The summed E-state index contributed by atoms with van der Waals surface area (Å²) in [6.07, 6.45) is 0.789. The van der Waals surface area contributed by atoms with Gasteiger partial charge in [0.15, 0.2) is 5.78 Å². The van der Waals surface area contributed by atoms with Crippen molar-refractivity contribution in [1.29, 1.82) is 5.26 Å². The second kappa shape index (κ2) is 5.01. The molecule has 0 spiro atoms. The molecule has 1 aromatic rings. The molecule has 0 radical (unpaired) electrons. The van der Waals surface area contributed by atoms with E-state index in [1.807, 2.05) is 13.0 Å². The van der Waals surface area contributed by atoms with E-state index in [4.69, 9.17) is 10.00 Å². The summed E-state index contributed by atoms with van der Waals surface area (Å²) in [5.74, 6) is 0.621. The lowest BCUT2D eigenvalue weighted by atomic mass is 9.85. The van der Waals surface area contributed by atoms with Crippen molar-refractivity contribution in [2.24, 2.45) is 5.41 Å². The Labute approximate surface area is 102 Å². The number of carbonyl (C=O) groups excluding carboxylic acids is 1. The summed E-state index contributed by atoms with van der Waals surface area (Å²) in [5, 5.41) is 8.96. The van der Waals surface area contributed by atoms with Crippen LogP contribution in [0.4, 0.5) is 0 Å². The molecule has 1 rings (SSSR count). The first kappa shape index (κ1) is 13.2. The Morgan fingerprint density at radius 3 is 2.59 bits per heavy atom. The van der Waals surface area contributed by atoms with Crippen LogP contribution in [0.3, 0.4) is 0 Å². The Hall–Kier alpha value is -1.82. The van der Waals surface area contributed by atoms with Crippen LogP contribution in [0.2, 0.25) is 0 Å². The van der Waals surface area contributed by atoms with E-state index >= 15 is 0 Å². The molecule has 0 aliphatic rings. The molecule has 3 nitrogen and oxygen atoms in total. The van der Waals surface area contributed by atoms with Crippen LogP contribution >= 0.6 is 0 Å². The molecule has 1 aromatic carbocycles. The number of Topliss-reactive ketones (excluding diaryl/α,β-unsaturated/α-hetero) is 1. The van der Waals surface area contributed by atoms with Crippen LogP contribution < -0.4 is 4.74 Å². The summed E-state index contributed by atoms with van der Waals surface area (Å²) >= 11 is 0. The molecule has 0 N–H and O–H groups in total. The van der Waals surface area contributed by atoms with Gasteiger partial charge in [0.25, 0.3) is 0 Å². The van der Waals surface area contributed by atoms with Gasteiger partial charge >= 0.3 is 0 Å². The van der Waals surface area contributed by atoms with Gasteiger partial charge in [-0.3, -0.25) is 4.79 Å².